The fourth-order valence-corrected chi connectivity index (χ4v) is 2.45. The molecule has 1 N–H and O–H groups in total. The van der Waals surface area contributed by atoms with E-state index >= 15 is 0 Å². The van der Waals surface area contributed by atoms with Gasteiger partial charge in [-0.1, -0.05) is 16.8 Å². The smallest absolute Gasteiger partial charge is 0.241 e. The van der Waals surface area contributed by atoms with Gasteiger partial charge in [0.05, 0.1) is 6.54 Å². The molecule has 1 aliphatic rings. The van der Waals surface area contributed by atoms with Crippen LogP contribution in [0.3, 0.4) is 0 Å². The van der Waals surface area contributed by atoms with E-state index in [1.54, 1.807) is 0 Å². The monoisotopic (exact) mass is 328 g/mol. The van der Waals surface area contributed by atoms with Crippen LogP contribution in [-0.4, -0.2) is 40.7 Å². The van der Waals surface area contributed by atoms with Crippen LogP contribution in [0.2, 0.25) is 5.02 Å². The summed E-state index contributed by atoms with van der Waals surface area (Å²) in [6.45, 7) is 5.90. The molecule has 21 heavy (non-hydrogen) atoms. The normalized spacial score (nSPS) is 19.2. The van der Waals surface area contributed by atoms with Crippen molar-refractivity contribution in [1.29, 1.82) is 0 Å². The van der Waals surface area contributed by atoms with E-state index < -0.39 is 0 Å². The quantitative estimate of drug-likeness (QED) is 0.938. The molecule has 2 aromatic rings. The van der Waals surface area contributed by atoms with Crippen molar-refractivity contribution in [2.24, 2.45) is 0 Å². The lowest BCUT2D eigenvalue weighted by Crippen LogP contribution is -2.49. The highest BCUT2D eigenvalue weighted by atomic mass is 35.5. The second-order valence-corrected chi connectivity index (χ2v) is 5.48. The first kappa shape index (κ1) is 16.2. The number of aromatic nitrogens is 2. The molecule has 1 fully saturated rings. The summed E-state index contributed by atoms with van der Waals surface area (Å²) in [5.74, 6) is 1.27. The van der Waals surface area contributed by atoms with Crippen LogP contribution in [0.1, 0.15) is 12.8 Å². The van der Waals surface area contributed by atoms with Gasteiger partial charge in [0.15, 0.2) is 0 Å². The van der Waals surface area contributed by atoms with Gasteiger partial charge in [-0.3, -0.25) is 4.90 Å². The molecule has 2 heterocycles. The van der Waals surface area contributed by atoms with Crippen molar-refractivity contribution >= 4 is 24.0 Å². The zero-order valence-corrected chi connectivity index (χ0v) is 13.3. The molecular formula is C14H18Cl2N4O. The van der Waals surface area contributed by atoms with E-state index in [0.717, 1.165) is 25.2 Å². The molecule has 1 saturated heterocycles. The van der Waals surface area contributed by atoms with Crippen molar-refractivity contribution < 1.29 is 4.52 Å². The molecule has 0 saturated carbocycles. The largest absolute Gasteiger partial charge is 0.338 e. The number of rotatable bonds is 3. The van der Waals surface area contributed by atoms with E-state index in [4.69, 9.17) is 16.1 Å². The standard InChI is InChI=1S/C14H17ClN4O.ClH/c1-10-8-16-6-7-19(10)9-13-17-14(18-20-13)11-2-4-12(15)5-3-11;/h2-5,10,16H,6-9H2,1H3;1H. The minimum absolute atomic E-state index is 0. The molecule has 3 rings (SSSR count). The number of piperazine rings is 1. The lowest BCUT2D eigenvalue weighted by atomic mass is 10.2. The average Bonchev–Trinajstić information content (AvgIpc) is 2.91. The SMILES string of the molecule is CC1CNCCN1Cc1nc(-c2ccc(Cl)cc2)no1.Cl. The third-order valence-corrected chi connectivity index (χ3v) is 3.80. The summed E-state index contributed by atoms with van der Waals surface area (Å²) in [5, 5.41) is 8.10. The van der Waals surface area contributed by atoms with Crippen molar-refractivity contribution in [3.63, 3.8) is 0 Å². The number of hydrogen-bond acceptors (Lipinski definition) is 5. The van der Waals surface area contributed by atoms with Crippen LogP contribution in [0, 0.1) is 0 Å². The summed E-state index contributed by atoms with van der Waals surface area (Å²) in [6, 6.07) is 7.92. The fourth-order valence-electron chi connectivity index (χ4n) is 2.33. The Kier molecular flexibility index (Phi) is 5.58. The van der Waals surface area contributed by atoms with Crippen molar-refractivity contribution in [2.75, 3.05) is 19.6 Å². The van der Waals surface area contributed by atoms with Crippen LogP contribution in [0.4, 0.5) is 0 Å². The molecule has 1 aromatic carbocycles. The van der Waals surface area contributed by atoms with Gasteiger partial charge in [-0.15, -0.1) is 12.4 Å². The molecule has 0 aliphatic carbocycles. The van der Waals surface area contributed by atoms with E-state index in [9.17, 15) is 0 Å². The molecule has 1 aliphatic heterocycles. The highest BCUT2D eigenvalue weighted by Gasteiger charge is 2.20. The number of benzene rings is 1. The molecule has 0 amide bonds. The van der Waals surface area contributed by atoms with E-state index in [1.807, 2.05) is 24.3 Å². The predicted molar refractivity (Wildman–Crippen MR) is 84.7 cm³/mol. The summed E-state index contributed by atoms with van der Waals surface area (Å²) in [4.78, 5) is 6.80. The van der Waals surface area contributed by atoms with Gasteiger partial charge in [0.25, 0.3) is 0 Å². The Hall–Kier alpha value is -1.14. The molecule has 7 heteroatoms. The van der Waals surface area contributed by atoms with Gasteiger partial charge in [0, 0.05) is 36.3 Å². The zero-order valence-electron chi connectivity index (χ0n) is 11.8. The Labute approximate surface area is 135 Å². The summed E-state index contributed by atoms with van der Waals surface area (Å²) in [7, 11) is 0. The van der Waals surface area contributed by atoms with E-state index in [1.165, 1.54) is 0 Å². The number of nitrogens with one attached hydrogen (secondary N) is 1. The number of hydrogen-bond donors (Lipinski definition) is 1. The highest BCUT2D eigenvalue weighted by molar-refractivity contribution is 6.30. The zero-order chi connectivity index (χ0) is 13.9. The summed E-state index contributed by atoms with van der Waals surface area (Å²) in [6.07, 6.45) is 0. The second kappa shape index (κ2) is 7.22. The van der Waals surface area contributed by atoms with Gasteiger partial charge in [-0.25, -0.2) is 0 Å². The first-order valence-electron chi connectivity index (χ1n) is 6.75. The van der Waals surface area contributed by atoms with Crippen LogP contribution < -0.4 is 5.32 Å². The molecule has 0 bridgehead atoms. The number of nitrogens with zero attached hydrogens (tertiary/aromatic N) is 3. The maximum Gasteiger partial charge on any atom is 0.241 e. The van der Waals surface area contributed by atoms with Crippen molar-refractivity contribution in [2.45, 2.75) is 19.5 Å². The third-order valence-electron chi connectivity index (χ3n) is 3.55. The summed E-state index contributed by atoms with van der Waals surface area (Å²) in [5.41, 5.74) is 0.915. The molecule has 0 radical (unpaired) electrons. The van der Waals surface area contributed by atoms with E-state index in [2.05, 4.69) is 27.3 Å². The van der Waals surface area contributed by atoms with Crippen LogP contribution >= 0.6 is 24.0 Å². The molecule has 5 nitrogen and oxygen atoms in total. The van der Waals surface area contributed by atoms with Crippen molar-refractivity contribution in [3.05, 3.63) is 35.2 Å². The Morgan fingerprint density at radius 2 is 2.14 bits per heavy atom. The maximum absolute atomic E-state index is 5.87. The van der Waals surface area contributed by atoms with Crippen LogP contribution in [0.25, 0.3) is 11.4 Å². The minimum atomic E-state index is 0. The minimum Gasteiger partial charge on any atom is -0.338 e. The van der Waals surface area contributed by atoms with Gasteiger partial charge < -0.3 is 9.84 Å². The predicted octanol–water partition coefficient (Wildman–Crippen LogP) is 2.61. The van der Waals surface area contributed by atoms with E-state index in [-0.39, 0.29) is 12.4 Å². The van der Waals surface area contributed by atoms with Gasteiger partial charge in [0.2, 0.25) is 11.7 Å². The van der Waals surface area contributed by atoms with Crippen LogP contribution in [0.15, 0.2) is 28.8 Å². The Bertz CT molecular complexity index is 573. The molecule has 1 atom stereocenters. The molecule has 0 spiro atoms. The van der Waals surface area contributed by atoms with Crippen LogP contribution in [-0.2, 0) is 6.54 Å². The molecule has 1 unspecified atom stereocenters. The third kappa shape index (κ3) is 3.95. The summed E-state index contributed by atoms with van der Waals surface area (Å²) < 4.78 is 5.34. The molecule has 114 valence electrons. The first-order valence-corrected chi connectivity index (χ1v) is 7.13. The molecular weight excluding hydrogens is 311 g/mol. The van der Waals surface area contributed by atoms with Crippen LogP contribution in [0.5, 0.6) is 0 Å². The molecule has 1 aromatic heterocycles. The summed E-state index contributed by atoms with van der Waals surface area (Å²) >= 11 is 5.87. The number of halogens is 2. The second-order valence-electron chi connectivity index (χ2n) is 5.04. The highest BCUT2D eigenvalue weighted by Crippen LogP contribution is 2.19. The van der Waals surface area contributed by atoms with Gasteiger partial charge in [-0.05, 0) is 31.2 Å². The van der Waals surface area contributed by atoms with Gasteiger partial charge in [0.1, 0.15) is 0 Å². The lowest BCUT2D eigenvalue weighted by Gasteiger charge is -2.32. The van der Waals surface area contributed by atoms with Gasteiger partial charge in [-0.2, -0.15) is 4.98 Å². The lowest BCUT2D eigenvalue weighted by molar-refractivity contribution is 0.146. The van der Waals surface area contributed by atoms with E-state index in [0.29, 0.717) is 29.3 Å². The fraction of sp³-hybridized carbons (Fsp3) is 0.429. The Morgan fingerprint density at radius 1 is 1.38 bits per heavy atom. The van der Waals surface area contributed by atoms with Crippen molar-refractivity contribution in [1.82, 2.24) is 20.4 Å². The Morgan fingerprint density at radius 3 is 2.86 bits per heavy atom. The topological polar surface area (TPSA) is 54.2 Å². The Balaban J connectivity index is 0.00000161. The first-order chi connectivity index (χ1) is 9.72. The average molecular weight is 329 g/mol. The van der Waals surface area contributed by atoms with Crippen molar-refractivity contribution in [3.8, 4) is 11.4 Å². The maximum atomic E-state index is 5.87. The van der Waals surface area contributed by atoms with Gasteiger partial charge >= 0.3 is 0 Å².